The maximum absolute atomic E-state index is 12.6. The van der Waals surface area contributed by atoms with Gasteiger partial charge in [0.1, 0.15) is 11.3 Å². The van der Waals surface area contributed by atoms with Crippen molar-refractivity contribution in [1.29, 1.82) is 0 Å². The molecule has 0 fully saturated rings. The van der Waals surface area contributed by atoms with Gasteiger partial charge in [-0.2, -0.15) is 5.10 Å². The molecule has 1 N–H and O–H groups in total. The van der Waals surface area contributed by atoms with Crippen molar-refractivity contribution in [2.75, 3.05) is 13.2 Å². The Labute approximate surface area is 169 Å². The molecule has 4 aromatic rings. The largest absolute Gasteiger partial charge is 0.494 e. The van der Waals surface area contributed by atoms with Crippen molar-refractivity contribution in [3.8, 4) is 11.4 Å². The number of carbonyl (C=O) groups is 1. The van der Waals surface area contributed by atoms with Crippen LogP contribution >= 0.6 is 0 Å². The van der Waals surface area contributed by atoms with Crippen LogP contribution in [0.15, 0.2) is 65.3 Å². The lowest BCUT2D eigenvalue weighted by atomic mass is 10.1. The second-order valence-corrected chi connectivity index (χ2v) is 6.78. The first kappa shape index (κ1) is 18.8. The monoisotopic (exact) mass is 389 g/mol. The van der Waals surface area contributed by atoms with E-state index in [1.807, 2.05) is 79.5 Å². The van der Waals surface area contributed by atoms with Crippen LogP contribution in [-0.4, -0.2) is 28.8 Å². The summed E-state index contributed by atoms with van der Waals surface area (Å²) in [5.74, 6) is 0.895. The number of hydrogen-bond donors (Lipinski definition) is 1. The highest BCUT2D eigenvalue weighted by Crippen LogP contribution is 2.28. The summed E-state index contributed by atoms with van der Waals surface area (Å²) < 4.78 is 13.1. The van der Waals surface area contributed by atoms with Gasteiger partial charge in [0.2, 0.25) is 0 Å². The van der Waals surface area contributed by atoms with Crippen molar-refractivity contribution in [3.05, 3.63) is 77.8 Å². The molecule has 0 atom stereocenters. The third kappa shape index (κ3) is 4.01. The molecule has 0 aliphatic heterocycles. The van der Waals surface area contributed by atoms with Crippen LogP contribution in [0.2, 0.25) is 0 Å². The molecule has 2 aromatic carbocycles. The Hall–Kier alpha value is -3.54. The van der Waals surface area contributed by atoms with Gasteiger partial charge < -0.3 is 14.5 Å². The van der Waals surface area contributed by atoms with Crippen LogP contribution in [0.1, 0.15) is 28.6 Å². The second kappa shape index (κ2) is 8.22. The Balaban J connectivity index is 1.40. The van der Waals surface area contributed by atoms with E-state index in [0.29, 0.717) is 30.9 Å². The highest BCUT2D eigenvalue weighted by molar-refractivity contribution is 5.99. The highest BCUT2D eigenvalue weighted by atomic mass is 16.5. The third-order valence-corrected chi connectivity index (χ3v) is 4.78. The first-order valence-electron chi connectivity index (χ1n) is 9.69. The number of hydrogen-bond acceptors (Lipinski definition) is 4. The quantitative estimate of drug-likeness (QED) is 0.512. The number of ether oxygens (including phenoxy) is 1. The molecular formula is C23H23N3O3. The number of amides is 1. The number of fused-ring (bicyclic) bond motifs is 1. The van der Waals surface area contributed by atoms with E-state index in [0.717, 1.165) is 28.0 Å². The molecule has 4 rings (SSSR count). The van der Waals surface area contributed by atoms with Gasteiger partial charge >= 0.3 is 0 Å². The summed E-state index contributed by atoms with van der Waals surface area (Å²) >= 11 is 0. The summed E-state index contributed by atoms with van der Waals surface area (Å²) in [5, 5.41) is 8.21. The van der Waals surface area contributed by atoms with Gasteiger partial charge in [0.15, 0.2) is 5.76 Å². The lowest BCUT2D eigenvalue weighted by molar-refractivity contribution is 0.0928. The van der Waals surface area contributed by atoms with Crippen molar-refractivity contribution < 1.29 is 13.9 Å². The zero-order valence-corrected chi connectivity index (χ0v) is 16.5. The van der Waals surface area contributed by atoms with E-state index in [4.69, 9.17) is 9.15 Å². The highest BCUT2D eigenvalue weighted by Gasteiger charge is 2.18. The van der Waals surface area contributed by atoms with Gasteiger partial charge in [0.05, 0.1) is 18.5 Å². The number of aryl methyl sites for hydroxylation is 1. The van der Waals surface area contributed by atoms with Gasteiger partial charge in [-0.1, -0.05) is 18.2 Å². The molecule has 0 aliphatic carbocycles. The Kier molecular flexibility index (Phi) is 5.33. The Morgan fingerprint density at radius 1 is 1.21 bits per heavy atom. The number of aromatic nitrogens is 2. The van der Waals surface area contributed by atoms with Crippen molar-refractivity contribution in [1.82, 2.24) is 15.1 Å². The van der Waals surface area contributed by atoms with Gasteiger partial charge in [-0.3, -0.25) is 4.79 Å². The molecule has 0 bridgehead atoms. The lowest BCUT2D eigenvalue weighted by Crippen LogP contribution is -2.25. The molecule has 1 amide bonds. The number of nitrogens with one attached hydrogen (secondary N) is 1. The maximum atomic E-state index is 12.6. The first-order chi connectivity index (χ1) is 14.2. The summed E-state index contributed by atoms with van der Waals surface area (Å²) in [6.45, 7) is 4.92. The number of rotatable bonds is 7. The van der Waals surface area contributed by atoms with Gasteiger partial charge in [-0.25, -0.2) is 4.68 Å². The van der Waals surface area contributed by atoms with E-state index in [2.05, 4.69) is 10.4 Å². The van der Waals surface area contributed by atoms with Gasteiger partial charge in [-0.05, 0) is 56.2 Å². The van der Waals surface area contributed by atoms with E-state index in [1.54, 1.807) is 0 Å². The Bertz CT molecular complexity index is 1130. The molecule has 0 saturated carbocycles. The smallest absolute Gasteiger partial charge is 0.287 e. The third-order valence-electron chi connectivity index (χ3n) is 4.78. The summed E-state index contributed by atoms with van der Waals surface area (Å²) in [5.41, 5.74) is 3.56. The number of furan rings is 1. The van der Waals surface area contributed by atoms with Crippen LogP contribution in [0.3, 0.4) is 0 Å². The summed E-state index contributed by atoms with van der Waals surface area (Å²) in [7, 11) is 0. The molecule has 148 valence electrons. The van der Waals surface area contributed by atoms with Crippen LogP contribution in [0, 0.1) is 6.92 Å². The number of benzene rings is 2. The average molecular weight is 389 g/mol. The van der Waals surface area contributed by atoms with Crippen LogP contribution in [0.4, 0.5) is 0 Å². The van der Waals surface area contributed by atoms with E-state index < -0.39 is 0 Å². The molecule has 2 heterocycles. The van der Waals surface area contributed by atoms with E-state index in [-0.39, 0.29) is 5.91 Å². The Morgan fingerprint density at radius 3 is 2.83 bits per heavy atom. The van der Waals surface area contributed by atoms with Crippen molar-refractivity contribution in [2.45, 2.75) is 20.3 Å². The maximum Gasteiger partial charge on any atom is 0.287 e. The molecule has 0 unspecified atom stereocenters. The van der Waals surface area contributed by atoms with E-state index in [1.165, 1.54) is 0 Å². The summed E-state index contributed by atoms with van der Waals surface area (Å²) in [6, 6.07) is 15.5. The van der Waals surface area contributed by atoms with Gasteiger partial charge in [0.25, 0.3) is 5.91 Å². The summed E-state index contributed by atoms with van der Waals surface area (Å²) in [4.78, 5) is 12.6. The molecule has 2 aromatic heterocycles. The van der Waals surface area contributed by atoms with Crippen molar-refractivity contribution >= 4 is 16.9 Å². The predicted molar refractivity (Wildman–Crippen MR) is 112 cm³/mol. The molecule has 0 saturated heterocycles. The standard InChI is InChI=1S/C23H23N3O3/c1-3-28-19-9-10-21-20(13-19)16(2)22(29-21)23(27)24-12-11-17-14-25-26(15-17)18-7-5-4-6-8-18/h4-10,13-15H,3,11-12H2,1-2H3,(H,24,27). The number of para-hydroxylation sites is 1. The van der Waals surface area contributed by atoms with Crippen LogP contribution in [0.5, 0.6) is 5.75 Å². The minimum Gasteiger partial charge on any atom is -0.494 e. The fourth-order valence-corrected chi connectivity index (χ4v) is 3.28. The number of carbonyl (C=O) groups excluding carboxylic acids is 1. The minimum atomic E-state index is -0.216. The van der Waals surface area contributed by atoms with E-state index >= 15 is 0 Å². The van der Waals surface area contributed by atoms with Gasteiger partial charge in [0, 0.05) is 23.7 Å². The fourth-order valence-electron chi connectivity index (χ4n) is 3.28. The first-order valence-corrected chi connectivity index (χ1v) is 9.69. The topological polar surface area (TPSA) is 69.3 Å². The molecule has 0 radical (unpaired) electrons. The lowest BCUT2D eigenvalue weighted by Gasteiger charge is -2.03. The zero-order valence-electron chi connectivity index (χ0n) is 16.5. The Morgan fingerprint density at radius 2 is 2.03 bits per heavy atom. The second-order valence-electron chi connectivity index (χ2n) is 6.78. The molecule has 0 aliphatic rings. The average Bonchev–Trinajstić information content (AvgIpc) is 3.34. The fraction of sp³-hybridized carbons (Fsp3) is 0.217. The van der Waals surface area contributed by atoms with Crippen LogP contribution in [-0.2, 0) is 6.42 Å². The molecule has 29 heavy (non-hydrogen) atoms. The number of nitrogens with zero attached hydrogens (tertiary/aromatic N) is 2. The SMILES string of the molecule is CCOc1ccc2oc(C(=O)NCCc3cnn(-c4ccccc4)c3)c(C)c2c1. The van der Waals surface area contributed by atoms with Crippen LogP contribution < -0.4 is 10.1 Å². The van der Waals surface area contributed by atoms with E-state index in [9.17, 15) is 4.79 Å². The van der Waals surface area contributed by atoms with Gasteiger partial charge in [-0.15, -0.1) is 0 Å². The van der Waals surface area contributed by atoms with Crippen LogP contribution in [0.25, 0.3) is 16.7 Å². The van der Waals surface area contributed by atoms with Crippen molar-refractivity contribution in [3.63, 3.8) is 0 Å². The normalized spacial score (nSPS) is 11.0. The summed E-state index contributed by atoms with van der Waals surface area (Å²) in [6.07, 6.45) is 4.48. The molecular weight excluding hydrogens is 366 g/mol. The molecule has 6 heteroatoms. The molecule has 0 spiro atoms. The molecule has 6 nitrogen and oxygen atoms in total. The van der Waals surface area contributed by atoms with Crippen molar-refractivity contribution in [2.24, 2.45) is 0 Å². The zero-order chi connectivity index (χ0) is 20.2. The minimum absolute atomic E-state index is 0.216. The predicted octanol–water partition coefficient (Wildman–Crippen LogP) is 4.30.